The molecule has 1 aliphatic heterocycles. The zero-order valence-corrected chi connectivity index (χ0v) is 6.39. The van der Waals surface area contributed by atoms with Crippen molar-refractivity contribution in [3.8, 4) is 0 Å². The molecule has 1 atom stereocenters. The molecule has 1 unspecified atom stereocenters. The van der Waals surface area contributed by atoms with Crippen molar-refractivity contribution in [3.63, 3.8) is 0 Å². The van der Waals surface area contributed by atoms with Crippen LogP contribution in [0, 0.1) is 0 Å². The average Bonchev–Trinajstić information content (AvgIpc) is 2.41. The third-order valence-electron chi connectivity index (χ3n) is 1.69. The van der Waals surface area contributed by atoms with E-state index in [-0.39, 0.29) is 0 Å². The third kappa shape index (κ3) is 0.883. The quantitative estimate of drug-likeness (QED) is 0.652. The molecule has 2 heterocycles. The highest BCUT2D eigenvalue weighted by Gasteiger charge is 2.30. The molecule has 0 fully saturated rings. The van der Waals surface area contributed by atoms with Crippen molar-refractivity contribution in [2.75, 3.05) is 11.9 Å². The Balaban J connectivity index is 2.38. The highest BCUT2D eigenvalue weighted by atomic mass is 32.1. The summed E-state index contributed by atoms with van der Waals surface area (Å²) in [7, 11) is 0. The summed E-state index contributed by atoms with van der Waals surface area (Å²) in [5.41, 5.74) is 2.34. The first-order valence-corrected chi connectivity index (χ1v) is 4.07. The minimum atomic E-state index is -0.804. The van der Waals surface area contributed by atoms with Gasteiger partial charge in [0.05, 0.1) is 11.2 Å². The van der Waals surface area contributed by atoms with Gasteiger partial charge in [0.1, 0.15) is 10.9 Å². The number of carboxylic acids is 1. The summed E-state index contributed by atoms with van der Waals surface area (Å²) in [4.78, 5) is 14.6. The molecule has 1 aliphatic rings. The minimum absolute atomic E-state index is 0.448. The maximum atomic E-state index is 10.6. The second-order valence-corrected chi connectivity index (χ2v) is 3.19. The SMILES string of the molecule is O=C(O)C1CNc2scnc21. The average molecular weight is 170 g/mol. The van der Waals surface area contributed by atoms with E-state index in [1.165, 1.54) is 11.3 Å². The monoisotopic (exact) mass is 170 g/mol. The van der Waals surface area contributed by atoms with E-state index in [1.807, 2.05) is 0 Å². The second-order valence-electron chi connectivity index (χ2n) is 2.34. The summed E-state index contributed by atoms with van der Waals surface area (Å²) in [5.74, 6) is -1.25. The van der Waals surface area contributed by atoms with Crippen LogP contribution in [0.25, 0.3) is 0 Å². The molecule has 0 bridgehead atoms. The topological polar surface area (TPSA) is 62.2 Å². The molecule has 0 saturated heterocycles. The van der Waals surface area contributed by atoms with Gasteiger partial charge in [0.2, 0.25) is 0 Å². The van der Waals surface area contributed by atoms with Crippen LogP contribution in [0.5, 0.6) is 0 Å². The lowest BCUT2D eigenvalue weighted by molar-refractivity contribution is -0.138. The van der Waals surface area contributed by atoms with Crippen molar-refractivity contribution >= 4 is 22.3 Å². The number of hydrogen-bond donors (Lipinski definition) is 2. The van der Waals surface area contributed by atoms with E-state index in [2.05, 4.69) is 10.3 Å². The van der Waals surface area contributed by atoms with Crippen LogP contribution in [-0.4, -0.2) is 22.6 Å². The lowest BCUT2D eigenvalue weighted by atomic mass is 10.1. The van der Waals surface area contributed by atoms with Crippen molar-refractivity contribution in [1.82, 2.24) is 4.98 Å². The van der Waals surface area contributed by atoms with E-state index in [0.717, 1.165) is 5.00 Å². The molecule has 0 spiro atoms. The molecule has 11 heavy (non-hydrogen) atoms. The van der Waals surface area contributed by atoms with Crippen LogP contribution >= 0.6 is 11.3 Å². The Morgan fingerprint density at radius 3 is 3.45 bits per heavy atom. The standard InChI is InChI=1S/C6H6N2O2S/c9-6(10)3-1-7-5-4(3)8-2-11-5/h2-3,7H,1H2,(H,9,10). The maximum absolute atomic E-state index is 10.6. The van der Waals surface area contributed by atoms with Crippen molar-refractivity contribution in [1.29, 1.82) is 0 Å². The van der Waals surface area contributed by atoms with Crippen LogP contribution in [0.2, 0.25) is 0 Å². The molecule has 1 aromatic rings. The molecular weight excluding hydrogens is 164 g/mol. The minimum Gasteiger partial charge on any atom is -0.481 e. The van der Waals surface area contributed by atoms with Crippen molar-refractivity contribution in [2.45, 2.75) is 5.92 Å². The predicted molar refractivity (Wildman–Crippen MR) is 41.0 cm³/mol. The van der Waals surface area contributed by atoms with Gasteiger partial charge in [-0.05, 0) is 0 Å². The Morgan fingerprint density at radius 2 is 2.73 bits per heavy atom. The third-order valence-corrected chi connectivity index (χ3v) is 2.49. The van der Waals surface area contributed by atoms with Gasteiger partial charge in [-0.3, -0.25) is 4.79 Å². The number of nitrogens with zero attached hydrogens (tertiary/aromatic N) is 1. The van der Waals surface area contributed by atoms with Gasteiger partial charge < -0.3 is 10.4 Å². The van der Waals surface area contributed by atoms with Crippen LogP contribution in [0.3, 0.4) is 0 Å². The summed E-state index contributed by atoms with van der Waals surface area (Å²) in [5, 5.41) is 12.6. The molecule has 4 nitrogen and oxygen atoms in total. The largest absolute Gasteiger partial charge is 0.481 e. The summed E-state index contributed by atoms with van der Waals surface area (Å²) in [6, 6.07) is 0. The molecule has 0 saturated carbocycles. The Bertz CT molecular complexity index is 297. The van der Waals surface area contributed by atoms with Gasteiger partial charge >= 0.3 is 5.97 Å². The van der Waals surface area contributed by atoms with Gasteiger partial charge in [0.15, 0.2) is 0 Å². The Labute approximate surface area is 66.9 Å². The predicted octanol–water partition coefficient (Wildman–Crippen LogP) is 0.737. The van der Waals surface area contributed by atoms with Crippen LogP contribution in [0.1, 0.15) is 11.6 Å². The summed E-state index contributed by atoms with van der Waals surface area (Å²) < 4.78 is 0. The number of aliphatic carboxylic acids is 1. The van der Waals surface area contributed by atoms with Crippen LogP contribution in [0.15, 0.2) is 5.51 Å². The number of hydrogen-bond acceptors (Lipinski definition) is 4. The first-order valence-electron chi connectivity index (χ1n) is 3.19. The molecule has 2 N–H and O–H groups in total. The molecule has 1 aromatic heterocycles. The lowest BCUT2D eigenvalue weighted by Crippen LogP contribution is -2.13. The van der Waals surface area contributed by atoms with Gasteiger partial charge in [-0.1, -0.05) is 0 Å². The van der Waals surface area contributed by atoms with Gasteiger partial charge in [0.25, 0.3) is 0 Å². The van der Waals surface area contributed by atoms with E-state index >= 15 is 0 Å². The number of rotatable bonds is 1. The Hall–Kier alpha value is -1.10. The summed E-state index contributed by atoms with van der Waals surface area (Å²) >= 11 is 1.45. The normalized spacial score (nSPS) is 20.9. The van der Waals surface area contributed by atoms with E-state index < -0.39 is 11.9 Å². The number of thiazole rings is 1. The molecule has 2 rings (SSSR count). The Kier molecular flexibility index (Phi) is 1.32. The summed E-state index contributed by atoms with van der Waals surface area (Å²) in [6.07, 6.45) is 0. The van der Waals surface area contributed by atoms with Crippen molar-refractivity contribution in [2.24, 2.45) is 0 Å². The van der Waals surface area contributed by atoms with Gasteiger partial charge in [-0.15, -0.1) is 11.3 Å². The van der Waals surface area contributed by atoms with Crippen molar-refractivity contribution in [3.05, 3.63) is 11.2 Å². The molecule has 0 aliphatic carbocycles. The fourth-order valence-corrected chi connectivity index (χ4v) is 1.89. The smallest absolute Gasteiger partial charge is 0.314 e. The molecule has 0 amide bonds. The van der Waals surface area contributed by atoms with Crippen LogP contribution < -0.4 is 5.32 Å². The van der Waals surface area contributed by atoms with E-state index in [9.17, 15) is 4.79 Å². The summed E-state index contributed by atoms with van der Waals surface area (Å²) in [6.45, 7) is 0.477. The zero-order valence-electron chi connectivity index (χ0n) is 5.57. The molecule has 0 aromatic carbocycles. The fourth-order valence-electron chi connectivity index (χ4n) is 1.13. The van der Waals surface area contributed by atoms with Gasteiger partial charge in [0, 0.05) is 6.54 Å². The fraction of sp³-hybridized carbons (Fsp3) is 0.333. The number of aromatic nitrogens is 1. The van der Waals surface area contributed by atoms with E-state index in [4.69, 9.17) is 5.11 Å². The lowest BCUT2D eigenvalue weighted by Gasteiger charge is -1.98. The van der Waals surface area contributed by atoms with Gasteiger partial charge in [-0.25, -0.2) is 4.98 Å². The number of carbonyl (C=O) groups is 1. The molecule has 0 radical (unpaired) electrons. The molecule has 58 valence electrons. The van der Waals surface area contributed by atoms with Crippen LogP contribution in [0.4, 0.5) is 5.00 Å². The Morgan fingerprint density at radius 1 is 1.91 bits per heavy atom. The molecular formula is C6H6N2O2S. The first-order chi connectivity index (χ1) is 5.29. The van der Waals surface area contributed by atoms with E-state index in [0.29, 0.717) is 12.2 Å². The van der Waals surface area contributed by atoms with E-state index in [1.54, 1.807) is 5.51 Å². The number of nitrogens with one attached hydrogen (secondary N) is 1. The first kappa shape index (κ1) is 6.60. The number of fused-ring (bicyclic) bond motifs is 1. The second kappa shape index (κ2) is 2.20. The molecule has 5 heteroatoms. The number of carboxylic acid groups (broad SMARTS) is 1. The van der Waals surface area contributed by atoms with Crippen LogP contribution in [-0.2, 0) is 4.79 Å². The maximum Gasteiger partial charge on any atom is 0.314 e. The van der Waals surface area contributed by atoms with Crippen molar-refractivity contribution < 1.29 is 9.90 Å². The highest BCUT2D eigenvalue weighted by molar-refractivity contribution is 7.14. The zero-order chi connectivity index (χ0) is 7.84. The highest BCUT2D eigenvalue weighted by Crippen LogP contribution is 2.33. The number of anilines is 1. The van der Waals surface area contributed by atoms with Gasteiger partial charge in [-0.2, -0.15) is 0 Å².